The molecule has 1 amide bonds. The van der Waals surface area contributed by atoms with Gasteiger partial charge in [-0.2, -0.15) is 0 Å². The van der Waals surface area contributed by atoms with Gasteiger partial charge in [-0.05, 0) is 31.2 Å². The second-order valence-electron chi connectivity index (χ2n) is 3.81. The van der Waals surface area contributed by atoms with Gasteiger partial charge in [0.15, 0.2) is 12.2 Å². The Hall–Kier alpha value is -1.60. The molecule has 2 unspecified atom stereocenters. The predicted molar refractivity (Wildman–Crippen MR) is 70.9 cm³/mol. The summed E-state index contributed by atoms with van der Waals surface area (Å²) < 4.78 is 6.25. The molecule has 0 aliphatic heterocycles. The van der Waals surface area contributed by atoms with E-state index in [9.17, 15) is 9.59 Å². The number of benzene rings is 1. The molecular formula is C12H14BrNO5. The van der Waals surface area contributed by atoms with Crippen molar-refractivity contribution < 1.29 is 24.5 Å². The molecule has 6 nitrogen and oxygen atoms in total. The van der Waals surface area contributed by atoms with Gasteiger partial charge < -0.3 is 20.3 Å². The highest BCUT2D eigenvalue weighted by molar-refractivity contribution is 9.10. The third-order valence-electron chi connectivity index (χ3n) is 2.25. The number of aliphatic hydroxyl groups is 1. The van der Waals surface area contributed by atoms with Crippen LogP contribution in [-0.2, 0) is 9.59 Å². The Bertz CT molecular complexity index is 448. The van der Waals surface area contributed by atoms with E-state index >= 15 is 0 Å². The van der Waals surface area contributed by atoms with Gasteiger partial charge >= 0.3 is 5.97 Å². The van der Waals surface area contributed by atoms with E-state index in [4.69, 9.17) is 14.9 Å². The molecule has 0 bridgehead atoms. The fourth-order valence-electron chi connectivity index (χ4n) is 1.20. The van der Waals surface area contributed by atoms with E-state index in [2.05, 4.69) is 21.2 Å². The Kier molecular flexibility index (Phi) is 5.78. The normalized spacial score (nSPS) is 13.4. The second-order valence-corrected chi connectivity index (χ2v) is 4.73. The minimum atomic E-state index is -1.62. The van der Waals surface area contributed by atoms with Crippen LogP contribution in [0.15, 0.2) is 28.7 Å². The third-order valence-corrected chi connectivity index (χ3v) is 2.78. The largest absolute Gasteiger partial charge is 0.481 e. The second kappa shape index (κ2) is 7.10. The maximum absolute atomic E-state index is 11.6. The monoisotopic (exact) mass is 331 g/mol. The number of ether oxygens (including phenoxy) is 1. The molecule has 104 valence electrons. The fraction of sp³-hybridized carbons (Fsp3) is 0.333. The van der Waals surface area contributed by atoms with E-state index in [1.54, 1.807) is 24.3 Å². The van der Waals surface area contributed by atoms with E-state index < -0.39 is 24.1 Å². The molecule has 7 heteroatoms. The minimum absolute atomic E-state index is 0.359. The zero-order valence-electron chi connectivity index (χ0n) is 10.2. The van der Waals surface area contributed by atoms with Crippen molar-refractivity contribution >= 4 is 27.8 Å². The molecule has 3 N–H and O–H groups in total. The lowest BCUT2D eigenvalue weighted by atomic mass is 10.3. The van der Waals surface area contributed by atoms with Crippen LogP contribution in [0.4, 0.5) is 0 Å². The summed E-state index contributed by atoms with van der Waals surface area (Å²) in [6, 6.07) is 6.93. The first kappa shape index (κ1) is 15.5. The van der Waals surface area contributed by atoms with Gasteiger partial charge in [-0.3, -0.25) is 4.79 Å². The van der Waals surface area contributed by atoms with Gasteiger partial charge in [-0.1, -0.05) is 15.9 Å². The van der Waals surface area contributed by atoms with Gasteiger partial charge in [-0.25, -0.2) is 4.79 Å². The molecule has 19 heavy (non-hydrogen) atoms. The standard InChI is InChI=1S/C12H14BrNO5/c1-7(11(16)14-6-10(15)12(17)18)19-9-4-2-8(13)3-5-9/h2-5,7,10,15H,6H2,1H3,(H,14,16)(H,17,18). The highest BCUT2D eigenvalue weighted by atomic mass is 79.9. The Morgan fingerprint density at radius 2 is 1.95 bits per heavy atom. The third kappa shape index (κ3) is 5.27. The lowest BCUT2D eigenvalue weighted by Gasteiger charge is -2.15. The van der Waals surface area contributed by atoms with Gasteiger partial charge in [0.05, 0.1) is 6.54 Å². The average molecular weight is 332 g/mol. The number of carbonyl (C=O) groups is 2. The number of carbonyl (C=O) groups excluding carboxylic acids is 1. The van der Waals surface area contributed by atoms with Gasteiger partial charge in [0.1, 0.15) is 5.75 Å². The number of hydrogen-bond acceptors (Lipinski definition) is 4. The number of rotatable bonds is 6. The molecule has 0 saturated carbocycles. The van der Waals surface area contributed by atoms with Crippen molar-refractivity contribution in [2.45, 2.75) is 19.1 Å². The Morgan fingerprint density at radius 3 is 2.47 bits per heavy atom. The summed E-state index contributed by atoms with van der Waals surface area (Å²) in [7, 11) is 0. The van der Waals surface area contributed by atoms with Crippen LogP contribution in [0.25, 0.3) is 0 Å². The van der Waals surface area contributed by atoms with Crippen LogP contribution >= 0.6 is 15.9 Å². The summed E-state index contributed by atoms with van der Waals surface area (Å²) >= 11 is 3.28. The van der Waals surface area contributed by atoms with E-state index in [0.29, 0.717) is 5.75 Å². The first-order valence-electron chi connectivity index (χ1n) is 5.51. The first-order chi connectivity index (χ1) is 8.90. The highest BCUT2D eigenvalue weighted by Gasteiger charge is 2.18. The molecule has 0 aromatic heterocycles. The van der Waals surface area contributed by atoms with Crippen molar-refractivity contribution in [2.75, 3.05) is 6.54 Å². The van der Waals surface area contributed by atoms with Crippen LogP contribution in [0.3, 0.4) is 0 Å². The van der Waals surface area contributed by atoms with E-state index in [1.165, 1.54) is 6.92 Å². The van der Waals surface area contributed by atoms with Crippen molar-refractivity contribution in [3.63, 3.8) is 0 Å². The number of amides is 1. The summed E-state index contributed by atoms with van der Waals surface area (Å²) in [6.45, 7) is 1.17. The molecule has 2 atom stereocenters. The lowest BCUT2D eigenvalue weighted by molar-refractivity contribution is -0.146. The molecule has 1 aromatic rings. The summed E-state index contributed by atoms with van der Waals surface area (Å²) in [4.78, 5) is 22.0. The molecule has 1 aromatic carbocycles. The quantitative estimate of drug-likeness (QED) is 0.715. The summed E-state index contributed by atoms with van der Waals surface area (Å²) in [5.74, 6) is -1.37. The Morgan fingerprint density at radius 1 is 1.37 bits per heavy atom. The fourth-order valence-corrected chi connectivity index (χ4v) is 1.46. The Balaban J connectivity index is 2.44. The molecule has 0 radical (unpaired) electrons. The van der Waals surface area contributed by atoms with Crippen LogP contribution in [0.2, 0.25) is 0 Å². The van der Waals surface area contributed by atoms with Gasteiger partial charge in [0.2, 0.25) is 0 Å². The van der Waals surface area contributed by atoms with Gasteiger partial charge in [0.25, 0.3) is 5.91 Å². The molecular weight excluding hydrogens is 318 g/mol. The van der Waals surface area contributed by atoms with Crippen molar-refractivity contribution in [3.8, 4) is 5.75 Å². The van der Waals surface area contributed by atoms with Crippen LogP contribution in [0.1, 0.15) is 6.92 Å². The maximum Gasteiger partial charge on any atom is 0.334 e. The van der Waals surface area contributed by atoms with Crippen molar-refractivity contribution in [1.29, 1.82) is 0 Å². The highest BCUT2D eigenvalue weighted by Crippen LogP contribution is 2.17. The number of nitrogens with one attached hydrogen (secondary N) is 1. The van der Waals surface area contributed by atoms with E-state index in [1.807, 2.05) is 0 Å². The summed E-state index contributed by atoms with van der Waals surface area (Å²) in [5, 5.41) is 19.8. The number of carboxylic acids is 1. The van der Waals surface area contributed by atoms with Crippen LogP contribution in [0.5, 0.6) is 5.75 Å². The number of hydrogen-bond donors (Lipinski definition) is 3. The summed E-state index contributed by atoms with van der Waals surface area (Å²) in [6.07, 6.45) is -2.41. The molecule has 0 aliphatic rings. The van der Waals surface area contributed by atoms with Crippen molar-refractivity contribution in [3.05, 3.63) is 28.7 Å². The number of carboxylic acid groups (broad SMARTS) is 1. The summed E-state index contributed by atoms with van der Waals surface area (Å²) in [5.41, 5.74) is 0. The van der Waals surface area contributed by atoms with Gasteiger partial charge in [-0.15, -0.1) is 0 Å². The SMILES string of the molecule is CC(Oc1ccc(Br)cc1)C(=O)NCC(O)C(=O)O. The smallest absolute Gasteiger partial charge is 0.334 e. The first-order valence-corrected chi connectivity index (χ1v) is 6.30. The average Bonchev–Trinajstić information content (AvgIpc) is 2.37. The van der Waals surface area contributed by atoms with E-state index in [-0.39, 0.29) is 6.54 Å². The zero-order valence-corrected chi connectivity index (χ0v) is 11.8. The van der Waals surface area contributed by atoms with Gasteiger partial charge in [0, 0.05) is 4.47 Å². The molecule has 0 aliphatic carbocycles. The number of aliphatic hydroxyl groups excluding tert-OH is 1. The Labute approximate surface area is 118 Å². The molecule has 1 rings (SSSR count). The maximum atomic E-state index is 11.6. The minimum Gasteiger partial charge on any atom is -0.481 e. The van der Waals surface area contributed by atoms with E-state index in [0.717, 1.165) is 4.47 Å². The predicted octanol–water partition coefficient (Wildman–Crippen LogP) is 0.778. The van der Waals surface area contributed by atoms with Crippen molar-refractivity contribution in [2.24, 2.45) is 0 Å². The van der Waals surface area contributed by atoms with Crippen LogP contribution in [0, 0.1) is 0 Å². The molecule has 0 spiro atoms. The molecule has 0 fully saturated rings. The lowest BCUT2D eigenvalue weighted by Crippen LogP contribution is -2.42. The topological polar surface area (TPSA) is 95.9 Å². The molecule has 0 heterocycles. The number of aliphatic carboxylic acids is 1. The van der Waals surface area contributed by atoms with Crippen LogP contribution in [-0.4, -0.2) is 40.8 Å². The van der Waals surface area contributed by atoms with Crippen molar-refractivity contribution in [1.82, 2.24) is 5.32 Å². The molecule has 0 saturated heterocycles. The number of halogens is 1. The van der Waals surface area contributed by atoms with Crippen LogP contribution < -0.4 is 10.1 Å². The zero-order chi connectivity index (χ0) is 14.4.